The molecule has 14 aromatic rings. The van der Waals surface area contributed by atoms with Crippen LogP contribution in [-0.4, -0.2) is 19.1 Å². The second-order valence-corrected chi connectivity index (χ2v) is 23.4. The van der Waals surface area contributed by atoms with Gasteiger partial charge in [0.2, 0.25) is 5.95 Å². The van der Waals surface area contributed by atoms with Crippen molar-refractivity contribution in [2.45, 2.75) is 53.4 Å². The molecule has 0 bridgehead atoms. The fourth-order valence-corrected chi connectivity index (χ4v) is 13.0. The largest absolute Gasteiger partial charge is 0.309 e. The summed E-state index contributed by atoms with van der Waals surface area (Å²) >= 11 is 1.84. The molecule has 0 aliphatic carbocycles. The third kappa shape index (κ3) is 9.08. The minimum atomic E-state index is 0.605. The van der Waals surface area contributed by atoms with E-state index in [1.165, 1.54) is 91.7 Å². The predicted octanol–water partition coefficient (Wildman–Crippen LogP) is 20.6. The quantitative estimate of drug-likeness (QED) is 0.115. The Hall–Kier alpha value is -8.90. The molecule has 4 heterocycles. The molecule has 0 radical (unpaired) electrons. The molecule has 5 heteroatoms. The summed E-state index contributed by atoms with van der Waals surface area (Å²) in [6.07, 6.45) is 6.24. The lowest BCUT2D eigenvalue weighted by Gasteiger charge is -2.16. The smallest absolute Gasteiger partial charge is 0.235 e. The SMILES string of the molecule is CC(C)CCc1ccc2c(c1)c1cc3c4cc(CCC(C)C)ccc4n(-c4nccc(-c5ccc6sc7ccccc7c6c5)n4)c3cc1n2-c1cc(-c2cccc(-c3ccccc3)c2)cc(-c2cccc(-c3ccccc3)c2)c1. The van der Waals surface area contributed by atoms with Crippen molar-refractivity contribution < 1.29 is 0 Å². The van der Waals surface area contributed by atoms with Gasteiger partial charge in [0, 0.05) is 59.2 Å². The van der Waals surface area contributed by atoms with Crippen LogP contribution in [0.4, 0.5) is 0 Å². The van der Waals surface area contributed by atoms with Crippen LogP contribution < -0.4 is 0 Å². The molecular weight excluding hydrogens is 977 g/mol. The highest BCUT2D eigenvalue weighted by molar-refractivity contribution is 7.25. The van der Waals surface area contributed by atoms with Crippen LogP contribution in [0.25, 0.3) is 131 Å². The molecule has 0 amide bonds. The van der Waals surface area contributed by atoms with Crippen molar-refractivity contribution in [1.82, 2.24) is 19.1 Å². The predicted molar refractivity (Wildman–Crippen MR) is 337 cm³/mol. The zero-order valence-corrected chi connectivity index (χ0v) is 45.9. The maximum Gasteiger partial charge on any atom is 0.235 e. The van der Waals surface area contributed by atoms with Crippen molar-refractivity contribution >= 4 is 75.1 Å². The molecule has 0 saturated heterocycles. The molecule has 0 atom stereocenters. The third-order valence-electron chi connectivity index (χ3n) is 16.1. The Labute approximate surface area is 465 Å². The Morgan fingerprint density at radius 3 is 1.47 bits per heavy atom. The summed E-state index contributed by atoms with van der Waals surface area (Å²) in [7, 11) is 0. The summed E-state index contributed by atoms with van der Waals surface area (Å²) in [6.45, 7) is 9.28. The van der Waals surface area contributed by atoms with Crippen molar-refractivity contribution in [2.24, 2.45) is 11.8 Å². The second-order valence-electron chi connectivity index (χ2n) is 22.3. The lowest BCUT2D eigenvalue weighted by molar-refractivity contribution is 0.587. The molecular formula is C74H60N4S. The van der Waals surface area contributed by atoms with Gasteiger partial charge in [-0.25, -0.2) is 9.97 Å². The Bertz CT molecular complexity index is 4510. The van der Waals surface area contributed by atoms with E-state index in [-0.39, 0.29) is 0 Å². The Balaban J connectivity index is 1.03. The third-order valence-corrected chi connectivity index (χ3v) is 17.2. The number of aromatic nitrogens is 4. The summed E-state index contributed by atoms with van der Waals surface area (Å²) in [5.41, 5.74) is 19.7. The summed E-state index contributed by atoms with van der Waals surface area (Å²) in [5, 5.41) is 7.44. The first-order valence-electron chi connectivity index (χ1n) is 28.0. The van der Waals surface area contributed by atoms with Crippen molar-refractivity contribution in [2.75, 3.05) is 0 Å². The molecule has 0 aliphatic rings. The normalized spacial score (nSPS) is 12.0. The van der Waals surface area contributed by atoms with Crippen LogP contribution in [0.3, 0.4) is 0 Å². The monoisotopic (exact) mass is 1040 g/mol. The van der Waals surface area contributed by atoms with Crippen LogP contribution in [0, 0.1) is 11.8 Å². The molecule has 382 valence electrons. The summed E-state index contributed by atoms with van der Waals surface area (Å²) in [4.78, 5) is 10.6. The molecule has 0 N–H and O–H groups in total. The van der Waals surface area contributed by atoms with Gasteiger partial charge < -0.3 is 4.57 Å². The van der Waals surface area contributed by atoms with Crippen LogP contribution in [0.15, 0.2) is 231 Å². The lowest BCUT2D eigenvalue weighted by atomic mass is 9.94. The van der Waals surface area contributed by atoms with Crippen LogP contribution in [0.2, 0.25) is 0 Å². The lowest BCUT2D eigenvalue weighted by Crippen LogP contribution is -2.02. The highest BCUT2D eigenvalue weighted by Crippen LogP contribution is 2.43. The first kappa shape index (κ1) is 48.5. The highest BCUT2D eigenvalue weighted by atomic mass is 32.1. The summed E-state index contributed by atoms with van der Waals surface area (Å²) in [6, 6.07) is 83.4. The van der Waals surface area contributed by atoms with E-state index >= 15 is 0 Å². The van der Waals surface area contributed by atoms with E-state index in [4.69, 9.17) is 9.97 Å². The van der Waals surface area contributed by atoms with Crippen LogP contribution >= 0.6 is 11.3 Å². The van der Waals surface area contributed by atoms with E-state index in [0.29, 0.717) is 17.8 Å². The minimum absolute atomic E-state index is 0.605. The van der Waals surface area contributed by atoms with Gasteiger partial charge in [-0.05, 0) is 184 Å². The number of fused-ring (bicyclic) bond motifs is 9. The number of benzene rings is 10. The van der Waals surface area contributed by atoms with E-state index in [2.05, 4.69) is 261 Å². The number of rotatable bonds is 13. The van der Waals surface area contributed by atoms with Crippen molar-refractivity contribution in [3.8, 4) is 67.4 Å². The van der Waals surface area contributed by atoms with Gasteiger partial charge in [-0.15, -0.1) is 11.3 Å². The highest BCUT2D eigenvalue weighted by Gasteiger charge is 2.22. The van der Waals surface area contributed by atoms with Gasteiger partial charge in [-0.2, -0.15) is 0 Å². The van der Waals surface area contributed by atoms with Gasteiger partial charge in [0.05, 0.1) is 27.8 Å². The fraction of sp³-hybridized carbons (Fsp3) is 0.135. The molecule has 0 saturated carbocycles. The zero-order chi connectivity index (χ0) is 53.1. The first-order valence-corrected chi connectivity index (χ1v) is 28.8. The molecule has 14 rings (SSSR count). The Morgan fingerprint density at radius 1 is 0.354 bits per heavy atom. The van der Waals surface area contributed by atoms with Gasteiger partial charge in [0.25, 0.3) is 0 Å². The number of thiophene rings is 1. The molecule has 0 spiro atoms. The maximum absolute atomic E-state index is 5.49. The molecule has 0 unspecified atom stereocenters. The standard InChI is InChI=1S/C74H60N4S/c1-47(2)25-27-49-29-32-68-62(37-49)64-45-65-63-38-50(28-26-48(3)4)30-33-69(63)78(74-75-36-35-67(76-74)57-31-34-73-66(44-57)61-23-11-12-24-72(61)79-73)71(65)46-70(64)77(68)60-42-58(55-21-13-19-53(39-55)51-15-7-5-8-16-51)41-59(43-60)56-22-14-20-54(40-56)52-17-9-6-10-18-52/h5-24,29-48H,25-28H2,1-4H3. The molecule has 0 fully saturated rings. The van der Waals surface area contributed by atoms with Crippen LogP contribution in [0.5, 0.6) is 0 Å². The van der Waals surface area contributed by atoms with Gasteiger partial charge in [-0.1, -0.05) is 161 Å². The number of hydrogen-bond acceptors (Lipinski definition) is 3. The summed E-state index contributed by atoms with van der Waals surface area (Å²) < 4.78 is 7.42. The van der Waals surface area contributed by atoms with E-state index in [1.54, 1.807) is 0 Å². The number of aryl methyl sites for hydroxylation is 2. The zero-order valence-electron chi connectivity index (χ0n) is 45.1. The van der Waals surface area contributed by atoms with Gasteiger partial charge in [0.1, 0.15) is 0 Å². The van der Waals surface area contributed by atoms with Crippen molar-refractivity contribution in [3.63, 3.8) is 0 Å². The maximum atomic E-state index is 5.49. The minimum Gasteiger partial charge on any atom is -0.309 e. The van der Waals surface area contributed by atoms with Crippen molar-refractivity contribution in [3.05, 3.63) is 242 Å². The first-order chi connectivity index (χ1) is 38.8. The Kier molecular flexibility index (Phi) is 12.4. The van der Waals surface area contributed by atoms with E-state index in [0.717, 1.165) is 70.3 Å². The average molecular weight is 1040 g/mol. The van der Waals surface area contributed by atoms with Crippen LogP contribution in [-0.2, 0) is 12.8 Å². The fourth-order valence-electron chi connectivity index (χ4n) is 11.9. The topological polar surface area (TPSA) is 35.6 Å². The van der Waals surface area contributed by atoms with E-state index < -0.39 is 0 Å². The molecule has 4 aromatic heterocycles. The van der Waals surface area contributed by atoms with Gasteiger partial charge in [0.15, 0.2) is 0 Å². The second kappa shape index (κ2) is 20.2. The van der Waals surface area contributed by atoms with E-state index in [1.807, 2.05) is 17.5 Å². The molecule has 10 aromatic carbocycles. The van der Waals surface area contributed by atoms with E-state index in [9.17, 15) is 0 Å². The van der Waals surface area contributed by atoms with Crippen molar-refractivity contribution in [1.29, 1.82) is 0 Å². The summed E-state index contributed by atoms with van der Waals surface area (Å²) in [5.74, 6) is 1.87. The molecule has 79 heavy (non-hydrogen) atoms. The number of hydrogen-bond donors (Lipinski definition) is 0. The Morgan fingerprint density at radius 2 is 0.861 bits per heavy atom. The van der Waals surface area contributed by atoms with Crippen LogP contribution in [0.1, 0.15) is 51.7 Å². The number of nitrogens with zero attached hydrogens (tertiary/aromatic N) is 4. The van der Waals surface area contributed by atoms with Gasteiger partial charge in [-0.3, -0.25) is 4.57 Å². The van der Waals surface area contributed by atoms with Gasteiger partial charge >= 0.3 is 0 Å². The molecule has 0 aliphatic heterocycles. The average Bonchev–Trinajstić information content (AvgIpc) is 3.84. The molecule has 4 nitrogen and oxygen atoms in total.